The number of nitrogens with zero attached hydrogens (tertiary/aromatic N) is 1. The van der Waals surface area contributed by atoms with E-state index in [-0.39, 0.29) is 12.6 Å². The maximum Gasteiger partial charge on any atom is 0.338 e. The lowest BCUT2D eigenvalue weighted by molar-refractivity contribution is 0.0467. The summed E-state index contributed by atoms with van der Waals surface area (Å²) in [5, 5.41) is 0. The summed E-state index contributed by atoms with van der Waals surface area (Å²) < 4.78 is 10.2. The second-order valence-corrected chi connectivity index (χ2v) is 4.03. The number of hydrogen-bond donors (Lipinski definition) is 0. The van der Waals surface area contributed by atoms with Crippen LogP contribution in [0.3, 0.4) is 0 Å². The Hall–Kier alpha value is -2.20. The molecule has 1 heterocycles. The van der Waals surface area contributed by atoms with Gasteiger partial charge < -0.3 is 9.47 Å². The van der Waals surface area contributed by atoms with E-state index < -0.39 is 0 Å². The molecule has 0 aliphatic carbocycles. The number of rotatable bonds is 5. The van der Waals surface area contributed by atoms with Crippen LogP contribution in [0.15, 0.2) is 48.7 Å². The monoisotopic (exact) mass is 257 g/mol. The Balaban J connectivity index is 1.98. The maximum absolute atomic E-state index is 11.9. The van der Waals surface area contributed by atoms with Crippen LogP contribution in [-0.2, 0) is 22.7 Å². The lowest BCUT2D eigenvalue weighted by atomic mass is 10.1. The van der Waals surface area contributed by atoms with Crippen molar-refractivity contribution in [3.63, 3.8) is 0 Å². The predicted octanol–water partition coefficient (Wildman–Crippen LogP) is 2.59. The normalized spacial score (nSPS) is 10.2. The van der Waals surface area contributed by atoms with Gasteiger partial charge in [-0.25, -0.2) is 4.79 Å². The van der Waals surface area contributed by atoms with Crippen molar-refractivity contribution < 1.29 is 14.3 Å². The van der Waals surface area contributed by atoms with E-state index in [2.05, 4.69) is 4.98 Å². The minimum atomic E-state index is -0.358. The van der Waals surface area contributed by atoms with Gasteiger partial charge in [0, 0.05) is 13.3 Å². The minimum absolute atomic E-state index is 0.175. The molecule has 2 aromatic rings. The van der Waals surface area contributed by atoms with Crippen LogP contribution in [0.5, 0.6) is 0 Å². The van der Waals surface area contributed by atoms with E-state index >= 15 is 0 Å². The third-order valence-corrected chi connectivity index (χ3v) is 2.55. The van der Waals surface area contributed by atoms with E-state index in [1.165, 1.54) is 0 Å². The van der Waals surface area contributed by atoms with E-state index in [0.717, 1.165) is 11.3 Å². The Bertz CT molecular complexity index is 540. The number of carbonyl (C=O) groups is 1. The first-order valence-electron chi connectivity index (χ1n) is 5.94. The van der Waals surface area contributed by atoms with Crippen molar-refractivity contribution in [3.8, 4) is 0 Å². The van der Waals surface area contributed by atoms with Crippen LogP contribution in [0, 0.1) is 0 Å². The van der Waals surface area contributed by atoms with Gasteiger partial charge in [0.1, 0.15) is 6.61 Å². The van der Waals surface area contributed by atoms with E-state index in [1.54, 1.807) is 25.4 Å². The van der Waals surface area contributed by atoms with Crippen molar-refractivity contribution >= 4 is 5.97 Å². The highest BCUT2D eigenvalue weighted by atomic mass is 16.5. The number of benzene rings is 1. The quantitative estimate of drug-likeness (QED) is 0.772. The number of esters is 1. The molecule has 0 aliphatic heterocycles. The summed E-state index contributed by atoms with van der Waals surface area (Å²) in [7, 11) is 1.62. The standard InChI is InChI=1S/C15H15NO3/c1-18-10-12-5-4-6-13(9-12)15(17)19-11-14-7-2-3-8-16-14/h2-9H,10-11H2,1H3. The molecule has 0 saturated carbocycles. The van der Waals surface area contributed by atoms with Crippen molar-refractivity contribution in [3.05, 3.63) is 65.5 Å². The molecule has 4 nitrogen and oxygen atoms in total. The molecule has 2 rings (SSSR count). The fourth-order valence-corrected chi connectivity index (χ4v) is 1.66. The molecule has 19 heavy (non-hydrogen) atoms. The van der Waals surface area contributed by atoms with Crippen molar-refractivity contribution in [1.82, 2.24) is 4.98 Å². The third-order valence-electron chi connectivity index (χ3n) is 2.55. The molecule has 0 radical (unpaired) electrons. The molecule has 0 atom stereocenters. The van der Waals surface area contributed by atoms with Gasteiger partial charge in [0.05, 0.1) is 17.9 Å². The van der Waals surface area contributed by atoms with Crippen LogP contribution in [0.1, 0.15) is 21.6 Å². The van der Waals surface area contributed by atoms with E-state index in [0.29, 0.717) is 12.2 Å². The average molecular weight is 257 g/mol. The zero-order chi connectivity index (χ0) is 13.5. The molecule has 4 heteroatoms. The van der Waals surface area contributed by atoms with Gasteiger partial charge >= 0.3 is 5.97 Å². The number of pyridine rings is 1. The van der Waals surface area contributed by atoms with Gasteiger partial charge in [-0.3, -0.25) is 4.98 Å². The number of carbonyl (C=O) groups excluding carboxylic acids is 1. The van der Waals surface area contributed by atoms with E-state index in [4.69, 9.17) is 9.47 Å². The number of aromatic nitrogens is 1. The van der Waals surface area contributed by atoms with Crippen molar-refractivity contribution in [2.24, 2.45) is 0 Å². The van der Waals surface area contributed by atoms with Crippen LogP contribution in [0.2, 0.25) is 0 Å². The van der Waals surface area contributed by atoms with Gasteiger partial charge in [-0.15, -0.1) is 0 Å². The van der Waals surface area contributed by atoms with Gasteiger partial charge in [-0.2, -0.15) is 0 Å². The van der Waals surface area contributed by atoms with Gasteiger partial charge in [-0.1, -0.05) is 18.2 Å². The van der Waals surface area contributed by atoms with Crippen LogP contribution in [0.4, 0.5) is 0 Å². The first-order chi connectivity index (χ1) is 9.29. The van der Waals surface area contributed by atoms with Gasteiger partial charge in [0.2, 0.25) is 0 Å². The summed E-state index contributed by atoms with van der Waals surface area (Å²) in [6.45, 7) is 0.648. The van der Waals surface area contributed by atoms with Crippen LogP contribution >= 0.6 is 0 Å². The fourth-order valence-electron chi connectivity index (χ4n) is 1.66. The molecule has 1 aromatic heterocycles. The summed E-state index contributed by atoms with van der Waals surface area (Å²) in [4.78, 5) is 16.0. The van der Waals surface area contributed by atoms with Crippen molar-refractivity contribution in [1.29, 1.82) is 0 Å². The topological polar surface area (TPSA) is 48.4 Å². The van der Waals surface area contributed by atoms with Crippen LogP contribution in [0.25, 0.3) is 0 Å². The Morgan fingerprint density at radius 1 is 1.16 bits per heavy atom. The highest BCUT2D eigenvalue weighted by molar-refractivity contribution is 5.89. The summed E-state index contributed by atoms with van der Waals surface area (Å²) in [5.41, 5.74) is 2.18. The maximum atomic E-state index is 11.9. The zero-order valence-electron chi connectivity index (χ0n) is 10.7. The molecule has 1 aromatic carbocycles. The van der Waals surface area contributed by atoms with Crippen LogP contribution in [-0.4, -0.2) is 18.1 Å². The molecular weight excluding hydrogens is 242 g/mol. The third kappa shape index (κ3) is 3.89. The molecule has 0 saturated heterocycles. The molecule has 0 amide bonds. The van der Waals surface area contributed by atoms with Gasteiger partial charge in [0.15, 0.2) is 0 Å². The second-order valence-electron chi connectivity index (χ2n) is 4.03. The summed E-state index contributed by atoms with van der Waals surface area (Å²) >= 11 is 0. The van der Waals surface area contributed by atoms with E-state index in [1.807, 2.05) is 30.3 Å². The molecule has 0 unspecified atom stereocenters. The summed E-state index contributed by atoms with van der Waals surface area (Å²) in [5.74, 6) is -0.358. The fraction of sp³-hybridized carbons (Fsp3) is 0.200. The largest absolute Gasteiger partial charge is 0.456 e. The first-order valence-corrected chi connectivity index (χ1v) is 5.94. The van der Waals surface area contributed by atoms with E-state index in [9.17, 15) is 4.79 Å². The predicted molar refractivity (Wildman–Crippen MR) is 70.5 cm³/mol. The number of ether oxygens (including phenoxy) is 2. The average Bonchev–Trinajstić information content (AvgIpc) is 2.46. The smallest absolute Gasteiger partial charge is 0.338 e. The molecule has 98 valence electrons. The van der Waals surface area contributed by atoms with Crippen molar-refractivity contribution in [2.75, 3.05) is 7.11 Å². The lowest BCUT2D eigenvalue weighted by Gasteiger charge is -2.06. The number of methoxy groups -OCH3 is 1. The molecule has 0 aliphatic rings. The molecule has 0 bridgehead atoms. The molecule has 0 spiro atoms. The number of hydrogen-bond acceptors (Lipinski definition) is 4. The highest BCUT2D eigenvalue weighted by Crippen LogP contribution is 2.09. The second kappa shape index (κ2) is 6.66. The SMILES string of the molecule is COCc1cccc(C(=O)OCc2ccccn2)c1. The van der Waals surface area contributed by atoms with Gasteiger partial charge in [0.25, 0.3) is 0 Å². The Morgan fingerprint density at radius 3 is 2.79 bits per heavy atom. The Morgan fingerprint density at radius 2 is 2.05 bits per heavy atom. The van der Waals surface area contributed by atoms with Crippen LogP contribution < -0.4 is 0 Å². The summed E-state index contributed by atoms with van der Waals surface area (Å²) in [6.07, 6.45) is 1.67. The first kappa shape index (κ1) is 13.2. The van der Waals surface area contributed by atoms with Crippen molar-refractivity contribution in [2.45, 2.75) is 13.2 Å². The Kier molecular flexibility index (Phi) is 4.64. The molecule has 0 fully saturated rings. The molecular formula is C15H15NO3. The van der Waals surface area contributed by atoms with Gasteiger partial charge in [-0.05, 0) is 29.8 Å². The minimum Gasteiger partial charge on any atom is -0.456 e. The highest BCUT2D eigenvalue weighted by Gasteiger charge is 2.08. The summed E-state index contributed by atoms with van der Waals surface area (Å²) in [6, 6.07) is 12.7. The molecule has 0 N–H and O–H groups in total. The lowest BCUT2D eigenvalue weighted by Crippen LogP contribution is -2.06. The zero-order valence-corrected chi connectivity index (χ0v) is 10.7. The Labute approximate surface area is 112 Å².